The highest BCUT2D eigenvalue weighted by atomic mass is 16.5. The maximum absolute atomic E-state index is 9.34. The van der Waals surface area contributed by atoms with Crippen molar-refractivity contribution < 1.29 is 14.9 Å². The molecule has 0 aromatic heterocycles. The van der Waals surface area contributed by atoms with Gasteiger partial charge in [-0.05, 0) is 37.8 Å². The molecule has 0 heterocycles. The highest BCUT2D eigenvalue weighted by Gasteiger charge is 2.20. The van der Waals surface area contributed by atoms with Crippen molar-refractivity contribution in [2.75, 3.05) is 0 Å². The molecule has 1 aliphatic rings. The number of aromatic hydroxyl groups is 1. The predicted octanol–water partition coefficient (Wildman–Crippen LogP) is 2.07. The van der Waals surface area contributed by atoms with Gasteiger partial charge in [-0.25, -0.2) is 0 Å². The Kier molecular flexibility index (Phi) is 3.11. The second-order valence-corrected chi connectivity index (χ2v) is 4.05. The standard InChI is InChI=1S/C12H16O3/c13-9-4-6-11(7-5-9)15-12-3-1-2-10(14)8-12/h1-3,8-9,11,13-14H,4-7H2. The summed E-state index contributed by atoms with van der Waals surface area (Å²) in [6.07, 6.45) is 3.41. The van der Waals surface area contributed by atoms with Gasteiger partial charge in [0.15, 0.2) is 0 Å². The number of benzene rings is 1. The first-order valence-electron chi connectivity index (χ1n) is 5.38. The molecule has 0 spiro atoms. The van der Waals surface area contributed by atoms with Crippen LogP contribution in [-0.4, -0.2) is 22.4 Å². The molecule has 1 fully saturated rings. The lowest BCUT2D eigenvalue weighted by molar-refractivity contribution is 0.0665. The van der Waals surface area contributed by atoms with Crippen LogP contribution in [0.3, 0.4) is 0 Å². The van der Waals surface area contributed by atoms with Gasteiger partial charge in [0.1, 0.15) is 11.5 Å². The van der Waals surface area contributed by atoms with E-state index in [0.29, 0.717) is 5.75 Å². The minimum Gasteiger partial charge on any atom is -0.508 e. The van der Waals surface area contributed by atoms with Crippen LogP contribution in [0.15, 0.2) is 24.3 Å². The molecule has 2 N–H and O–H groups in total. The molecule has 15 heavy (non-hydrogen) atoms. The number of rotatable bonds is 2. The number of ether oxygens (including phenoxy) is 1. The molecule has 3 nitrogen and oxygen atoms in total. The van der Waals surface area contributed by atoms with E-state index in [-0.39, 0.29) is 18.0 Å². The zero-order valence-corrected chi connectivity index (χ0v) is 8.60. The molecule has 0 amide bonds. The lowest BCUT2D eigenvalue weighted by atomic mass is 9.95. The highest BCUT2D eigenvalue weighted by molar-refractivity contribution is 5.31. The van der Waals surface area contributed by atoms with Crippen LogP contribution >= 0.6 is 0 Å². The molecule has 3 heteroatoms. The van der Waals surface area contributed by atoms with E-state index in [9.17, 15) is 10.2 Å². The topological polar surface area (TPSA) is 49.7 Å². The molecule has 0 aliphatic heterocycles. The Morgan fingerprint density at radius 1 is 1.13 bits per heavy atom. The molecule has 1 aliphatic carbocycles. The summed E-state index contributed by atoms with van der Waals surface area (Å²) in [5, 5.41) is 18.6. The molecule has 0 radical (unpaired) electrons. The quantitative estimate of drug-likeness (QED) is 0.782. The van der Waals surface area contributed by atoms with Crippen molar-refractivity contribution in [2.45, 2.75) is 37.9 Å². The second-order valence-electron chi connectivity index (χ2n) is 4.05. The summed E-state index contributed by atoms with van der Waals surface area (Å²) >= 11 is 0. The summed E-state index contributed by atoms with van der Waals surface area (Å²) in [5.74, 6) is 0.930. The van der Waals surface area contributed by atoms with Gasteiger partial charge in [-0.15, -0.1) is 0 Å². The predicted molar refractivity (Wildman–Crippen MR) is 57.0 cm³/mol. The first-order valence-corrected chi connectivity index (χ1v) is 5.38. The molecule has 1 saturated carbocycles. The third-order valence-electron chi connectivity index (χ3n) is 2.76. The van der Waals surface area contributed by atoms with Crippen molar-refractivity contribution >= 4 is 0 Å². The van der Waals surface area contributed by atoms with Crippen LogP contribution in [0.2, 0.25) is 0 Å². The molecule has 0 saturated heterocycles. The Morgan fingerprint density at radius 2 is 1.87 bits per heavy atom. The number of hydrogen-bond acceptors (Lipinski definition) is 3. The Balaban J connectivity index is 1.92. The fraction of sp³-hybridized carbons (Fsp3) is 0.500. The van der Waals surface area contributed by atoms with Gasteiger partial charge in [-0.1, -0.05) is 6.07 Å². The zero-order valence-electron chi connectivity index (χ0n) is 8.60. The summed E-state index contributed by atoms with van der Waals surface area (Å²) in [6.45, 7) is 0. The molecular weight excluding hydrogens is 192 g/mol. The van der Waals surface area contributed by atoms with Crippen molar-refractivity contribution in [3.63, 3.8) is 0 Å². The van der Waals surface area contributed by atoms with Gasteiger partial charge in [0.05, 0.1) is 12.2 Å². The second kappa shape index (κ2) is 4.53. The van der Waals surface area contributed by atoms with Crippen molar-refractivity contribution in [3.05, 3.63) is 24.3 Å². The van der Waals surface area contributed by atoms with E-state index in [1.807, 2.05) is 6.07 Å². The van der Waals surface area contributed by atoms with Crippen LogP contribution in [0.4, 0.5) is 0 Å². The summed E-state index contributed by atoms with van der Waals surface area (Å²) in [7, 11) is 0. The molecule has 1 aromatic rings. The summed E-state index contributed by atoms with van der Waals surface area (Å²) in [5.41, 5.74) is 0. The van der Waals surface area contributed by atoms with Crippen molar-refractivity contribution in [2.24, 2.45) is 0 Å². The lowest BCUT2D eigenvalue weighted by Crippen LogP contribution is -2.26. The lowest BCUT2D eigenvalue weighted by Gasteiger charge is -2.26. The largest absolute Gasteiger partial charge is 0.508 e. The summed E-state index contributed by atoms with van der Waals surface area (Å²) in [6, 6.07) is 6.84. The smallest absolute Gasteiger partial charge is 0.123 e. The van der Waals surface area contributed by atoms with E-state index in [2.05, 4.69) is 0 Å². The van der Waals surface area contributed by atoms with Crippen molar-refractivity contribution in [1.82, 2.24) is 0 Å². The van der Waals surface area contributed by atoms with E-state index < -0.39 is 0 Å². The van der Waals surface area contributed by atoms with Crippen LogP contribution < -0.4 is 4.74 Å². The monoisotopic (exact) mass is 208 g/mol. The average Bonchev–Trinajstić information content (AvgIpc) is 2.22. The summed E-state index contributed by atoms with van der Waals surface area (Å²) < 4.78 is 5.71. The van der Waals surface area contributed by atoms with Gasteiger partial charge < -0.3 is 14.9 Å². The van der Waals surface area contributed by atoms with Crippen LogP contribution in [0.1, 0.15) is 25.7 Å². The number of phenolic OH excluding ortho intramolecular Hbond substituents is 1. The zero-order chi connectivity index (χ0) is 10.7. The normalized spacial score (nSPS) is 26.2. The van der Waals surface area contributed by atoms with Gasteiger partial charge in [-0.2, -0.15) is 0 Å². The number of aliphatic hydroxyl groups is 1. The Bertz CT molecular complexity index is 316. The van der Waals surface area contributed by atoms with Crippen LogP contribution in [0, 0.1) is 0 Å². The fourth-order valence-corrected chi connectivity index (χ4v) is 1.91. The van der Waals surface area contributed by atoms with E-state index in [1.54, 1.807) is 18.2 Å². The van der Waals surface area contributed by atoms with Crippen molar-refractivity contribution in [1.29, 1.82) is 0 Å². The first-order chi connectivity index (χ1) is 7.24. The molecule has 0 atom stereocenters. The number of aliphatic hydroxyl groups excluding tert-OH is 1. The van der Waals surface area contributed by atoms with E-state index in [4.69, 9.17) is 4.74 Å². The maximum atomic E-state index is 9.34. The van der Waals surface area contributed by atoms with Crippen LogP contribution in [0.5, 0.6) is 11.5 Å². The van der Waals surface area contributed by atoms with Gasteiger partial charge >= 0.3 is 0 Å². The number of phenols is 1. The Hall–Kier alpha value is -1.22. The first kappa shape index (κ1) is 10.3. The minimum atomic E-state index is -0.158. The van der Waals surface area contributed by atoms with Crippen molar-refractivity contribution in [3.8, 4) is 11.5 Å². The molecular formula is C12H16O3. The third kappa shape index (κ3) is 2.86. The van der Waals surface area contributed by atoms with Crippen LogP contribution in [-0.2, 0) is 0 Å². The van der Waals surface area contributed by atoms with Gasteiger partial charge in [0.2, 0.25) is 0 Å². The van der Waals surface area contributed by atoms with E-state index >= 15 is 0 Å². The SMILES string of the molecule is Oc1cccc(OC2CCC(O)CC2)c1. The van der Waals surface area contributed by atoms with Gasteiger partial charge in [0.25, 0.3) is 0 Å². The molecule has 0 unspecified atom stereocenters. The molecule has 1 aromatic carbocycles. The average molecular weight is 208 g/mol. The Labute approximate surface area is 89.3 Å². The van der Waals surface area contributed by atoms with E-state index in [0.717, 1.165) is 25.7 Å². The van der Waals surface area contributed by atoms with Gasteiger partial charge in [0, 0.05) is 6.07 Å². The Morgan fingerprint density at radius 3 is 2.53 bits per heavy atom. The molecule has 82 valence electrons. The number of hydrogen-bond donors (Lipinski definition) is 2. The van der Waals surface area contributed by atoms with Gasteiger partial charge in [-0.3, -0.25) is 0 Å². The highest BCUT2D eigenvalue weighted by Crippen LogP contribution is 2.25. The molecule has 2 rings (SSSR count). The maximum Gasteiger partial charge on any atom is 0.123 e. The fourth-order valence-electron chi connectivity index (χ4n) is 1.91. The van der Waals surface area contributed by atoms with E-state index in [1.165, 1.54) is 0 Å². The molecule has 0 bridgehead atoms. The third-order valence-corrected chi connectivity index (χ3v) is 2.76. The summed E-state index contributed by atoms with van der Waals surface area (Å²) in [4.78, 5) is 0. The minimum absolute atomic E-state index is 0.158. The van der Waals surface area contributed by atoms with Crippen LogP contribution in [0.25, 0.3) is 0 Å².